The molecule has 0 amide bonds. The number of β-amino-alcohol motifs (C(OH)–C–C–N with tert-alkyl or cyclic N) is 1. The Labute approximate surface area is 186 Å². The highest BCUT2D eigenvalue weighted by Crippen LogP contribution is 2.35. The summed E-state index contributed by atoms with van der Waals surface area (Å²) >= 11 is 0. The van der Waals surface area contributed by atoms with Gasteiger partial charge in [-0.25, -0.2) is 12.8 Å². The molecular formula is C20H18F4N2O6S. The maximum Gasteiger partial charge on any atom is 0.416 e. The first-order valence-corrected chi connectivity index (χ1v) is 10.7. The van der Waals surface area contributed by atoms with Crippen molar-refractivity contribution in [1.29, 1.82) is 5.26 Å². The molecule has 0 spiro atoms. The van der Waals surface area contributed by atoms with Crippen LogP contribution in [0.25, 0.3) is 0 Å². The summed E-state index contributed by atoms with van der Waals surface area (Å²) in [5.74, 6) is -0.952. The number of aliphatic hydroxyl groups is 2. The number of aliphatic hydroxyl groups excluding tert-OH is 1. The third-order valence-electron chi connectivity index (χ3n) is 5.14. The molecule has 1 fully saturated rings. The summed E-state index contributed by atoms with van der Waals surface area (Å²) in [6.07, 6.45) is -6.14. The zero-order valence-corrected chi connectivity index (χ0v) is 17.8. The van der Waals surface area contributed by atoms with E-state index < -0.39 is 69.4 Å². The molecule has 3 rings (SSSR count). The average Bonchev–Trinajstić information content (AvgIpc) is 3.10. The van der Waals surface area contributed by atoms with Crippen molar-refractivity contribution in [3.05, 3.63) is 53.3 Å². The van der Waals surface area contributed by atoms with Gasteiger partial charge in [-0.3, -0.25) is 0 Å². The maximum atomic E-state index is 14.0. The van der Waals surface area contributed by atoms with E-state index in [2.05, 4.69) is 0 Å². The fraction of sp³-hybridized carbons (Fsp3) is 0.350. The number of ether oxygens (including phenoxy) is 2. The van der Waals surface area contributed by atoms with Crippen LogP contribution >= 0.6 is 0 Å². The van der Waals surface area contributed by atoms with E-state index in [1.165, 1.54) is 25.3 Å². The summed E-state index contributed by atoms with van der Waals surface area (Å²) in [6.45, 7) is -2.14. The summed E-state index contributed by atoms with van der Waals surface area (Å²) in [6, 6.07) is 6.52. The fourth-order valence-corrected chi connectivity index (χ4v) is 4.98. The summed E-state index contributed by atoms with van der Waals surface area (Å²) in [5, 5.41) is 29.6. The molecule has 2 atom stereocenters. The molecule has 0 aliphatic carbocycles. The number of nitriles is 1. The van der Waals surface area contributed by atoms with Crippen molar-refractivity contribution < 1.29 is 45.7 Å². The number of methoxy groups -OCH3 is 1. The third kappa shape index (κ3) is 4.74. The molecule has 1 aliphatic rings. The van der Waals surface area contributed by atoms with Crippen LogP contribution in [0, 0.1) is 17.1 Å². The quantitative estimate of drug-likeness (QED) is 0.594. The summed E-state index contributed by atoms with van der Waals surface area (Å²) < 4.78 is 89.9. The van der Waals surface area contributed by atoms with E-state index in [9.17, 15) is 41.5 Å². The SMILES string of the molecule is COc1ccc(OC2CN(S(=O)(=O)c3ccc(C(F)(F)F)cc3C#N)C[C@@]2(O)CO)cc1F. The molecule has 1 unspecified atom stereocenters. The van der Waals surface area contributed by atoms with E-state index in [1.54, 1.807) is 0 Å². The number of halogens is 4. The molecule has 1 heterocycles. The molecule has 0 bridgehead atoms. The van der Waals surface area contributed by atoms with Crippen LogP contribution < -0.4 is 9.47 Å². The van der Waals surface area contributed by atoms with E-state index in [4.69, 9.17) is 9.47 Å². The smallest absolute Gasteiger partial charge is 0.416 e. The Balaban J connectivity index is 1.93. The number of hydrogen-bond acceptors (Lipinski definition) is 7. The van der Waals surface area contributed by atoms with Gasteiger partial charge in [-0.1, -0.05) is 0 Å². The Morgan fingerprint density at radius 2 is 1.97 bits per heavy atom. The molecule has 2 aromatic carbocycles. The number of sulfonamides is 1. The maximum absolute atomic E-state index is 14.0. The molecular weight excluding hydrogens is 472 g/mol. The van der Waals surface area contributed by atoms with Crippen molar-refractivity contribution in [2.45, 2.75) is 22.8 Å². The van der Waals surface area contributed by atoms with Gasteiger partial charge in [-0.2, -0.15) is 22.7 Å². The monoisotopic (exact) mass is 490 g/mol. The molecule has 178 valence electrons. The van der Waals surface area contributed by atoms with Crippen LogP contribution in [0.3, 0.4) is 0 Å². The van der Waals surface area contributed by atoms with E-state index in [1.807, 2.05) is 0 Å². The number of rotatable bonds is 6. The standard InChI is InChI=1S/C20H18F4N2O6S/c1-31-16-4-3-14(7-15(16)21)32-18-9-26(10-19(18,28)11-27)33(29,30)17-5-2-13(20(22,23)24)6-12(17)8-25/h2-7,18,27-28H,9-11H2,1H3/t18?,19-/m1/s1. The normalized spacial score (nSPS) is 21.6. The van der Waals surface area contributed by atoms with Crippen LogP contribution in [0.1, 0.15) is 11.1 Å². The van der Waals surface area contributed by atoms with Gasteiger partial charge in [0.2, 0.25) is 10.0 Å². The molecule has 13 heteroatoms. The fourth-order valence-electron chi connectivity index (χ4n) is 3.35. The molecule has 1 saturated heterocycles. The molecule has 0 saturated carbocycles. The Morgan fingerprint density at radius 1 is 1.27 bits per heavy atom. The van der Waals surface area contributed by atoms with Gasteiger partial charge in [0, 0.05) is 12.6 Å². The predicted molar refractivity (Wildman–Crippen MR) is 104 cm³/mol. The van der Waals surface area contributed by atoms with E-state index >= 15 is 0 Å². The topological polar surface area (TPSA) is 120 Å². The molecule has 0 radical (unpaired) electrons. The highest BCUT2D eigenvalue weighted by Gasteiger charge is 2.51. The third-order valence-corrected chi connectivity index (χ3v) is 7.01. The van der Waals surface area contributed by atoms with Crippen LogP contribution in [0.5, 0.6) is 11.5 Å². The minimum atomic E-state index is -4.79. The number of alkyl halides is 3. The van der Waals surface area contributed by atoms with E-state index in [-0.39, 0.29) is 11.5 Å². The van der Waals surface area contributed by atoms with Crippen molar-refractivity contribution >= 4 is 10.0 Å². The van der Waals surface area contributed by atoms with Gasteiger partial charge in [0.05, 0.1) is 36.3 Å². The number of hydrogen-bond donors (Lipinski definition) is 2. The van der Waals surface area contributed by atoms with Gasteiger partial charge in [-0.05, 0) is 30.3 Å². The summed E-state index contributed by atoms with van der Waals surface area (Å²) in [4.78, 5) is -0.700. The summed E-state index contributed by atoms with van der Waals surface area (Å²) in [7, 11) is -3.32. The average molecular weight is 490 g/mol. The zero-order chi connectivity index (χ0) is 24.6. The lowest BCUT2D eigenvalue weighted by Crippen LogP contribution is -2.48. The van der Waals surface area contributed by atoms with E-state index in [0.29, 0.717) is 22.5 Å². The highest BCUT2D eigenvalue weighted by atomic mass is 32.2. The van der Waals surface area contributed by atoms with Crippen LogP contribution in [0.15, 0.2) is 41.3 Å². The molecule has 2 aromatic rings. The van der Waals surface area contributed by atoms with Gasteiger partial charge in [0.1, 0.15) is 23.5 Å². The van der Waals surface area contributed by atoms with Crippen LogP contribution in [0.2, 0.25) is 0 Å². The molecule has 0 aromatic heterocycles. The lowest BCUT2D eigenvalue weighted by Gasteiger charge is -2.27. The lowest BCUT2D eigenvalue weighted by molar-refractivity contribution is -0.137. The van der Waals surface area contributed by atoms with Crippen molar-refractivity contribution in [2.24, 2.45) is 0 Å². The first kappa shape index (κ1) is 24.7. The second-order valence-electron chi connectivity index (χ2n) is 7.28. The lowest BCUT2D eigenvalue weighted by atomic mass is 10.0. The molecule has 33 heavy (non-hydrogen) atoms. The highest BCUT2D eigenvalue weighted by molar-refractivity contribution is 7.89. The number of benzene rings is 2. The van der Waals surface area contributed by atoms with Gasteiger partial charge in [-0.15, -0.1) is 0 Å². The van der Waals surface area contributed by atoms with Crippen molar-refractivity contribution in [1.82, 2.24) is 4.31 Å². The van der Waals surface area contributed by atoms with Gasteiger partial charge >= 0.3 is 6.18 Å². The Kier molecular flexibility index (Phi) is 6.58. The Bertz CT molecular complexity index is 1200. The molecule has 2 N–H and O–H groups in total. The number of nitrogens with zero attached hydrogens (tertiary/aromatic N) is 2. The molecule has 1 aliphatic heterocycles. The largest absolute Gasteiger partial charge is 0.494 e. The van der Waals surface area contributed by atoms with Crippen molar-refractivity contribution in [3.8, 4) is 17.6 Å². The second kappa shape index (κ2) is 8.79. The predicted octanol–water partition coefficient (Wildman–Crippen LogP) is 1.90. The van der Waals surface area contributed by atoms with Crippen LogP contribution in [0.4, 0.5) is 17.6 Å². The van der Waals surface area contributed by atoms with Gasteiger partial charge in [0.25, 0.3) is 0 Å². The van der Waals surface area contributed by atoms with Crippen LogP contribution in [-0.2, 0) is 16.2 Å². The van der Waals surface area contributed by atoms with Crippen LogP contribution in [-0.4, -0.2) is 61.4 Å². The Morgan fingerprint density at radius 3 is 2.52 bits per heavy atom. The van der Waals surface area contributed by atoms with Gasteiger partial charge in [0.15, 0.2) is 11.6 Å². The first-order chi connectivity index (χ1) is 15.4. The zero-order valence-electron chi connectivity index (χ0n) is 17.0. The first-order valence-electron chi connectivity index (χ1n) is 9.30. The minimum Gasteiger partial charge on any atom is -0.494 e. The van der Waals surface area contributed by atoms with Crippen molar-refractivity contribution in [3.63, 3.8) is 0 Å². The minimum absolute atomic E-state index is 0.0817. The van der Waals surface area contributed by atoms with E-state index in [0.717, 1.165) is 6.07 Å². The second-order valence-corrected chi connectivity index (χ2v) is 9.19. The molecule has 8 nitrogen and oxygen atoms in total. The Hall–Kier alpha value is -2.92. The van der Waals surface area contributed by atoms with Gasteiger partial charge < -0.3 is 19.7 Å². The van der Waals surface area contributed by atoms with Crippen molar-refractivity contribution in [2.75, 3.05) is 26.8 Å². The summed E-state index contributed by atoms with van der Waals surface area (Å²) in [5.41, 5.74) is -4.05.